The first-order valence-corrected chi connectivity index (χ1v) is 9.43. The Kier molecular flexibility index (Phi) is 6.35. The Labute approximate surface area is 161 Å². The fourth-order valence-corrected chi connectivity index (χ4v) is 3.56. The molecule has 0 spiro atoms. The Morgan fingerprint density at radius 2 is 1.93 bits per heavy atom. The third-order valence-corrected chi connectivity index (χ3v) is 5.02. The second-order valence-corrected chi connectivity index (χ2v) is 7.20. The lowest BCUT2D eigenvalue weighted by Crippen LogP contribution is -2.33. The summed E-state index contributed by atoms with van der Waals surface area (Å²) in [6.07, 6.45) is 2.59. The smallest absolute Gasteiger partial charge is 0.255 e. The Hall–Kier alpha value is -2.53. The van der Waals surface area contributed by atoms with Gasteiger partial charge >= 0.3 is 0 Å². The second-order valence-electron chi connectivity index (χ2n) is 7.20. The van der Waals surface area contributed by atoms with Crippen LogP contribution in [0.1, 0.15) is 35.7 Å². The lowest BCUT2D eigenvalue weighted by atomic mass is 9.99. The predicted octanol–water partition coefficient (Wildman–Crippen LogP) is 4.19. The lowest BCUT2D eigenvalue weighted by Gasteiger charge is -2.30. The number of anilines is 1. The zero-order valence-electron chi connectivity index (χ0n) is 16.3. The molecule has 1 aliphatic rings. The summed E-state index contributed by atoms with van der Waals surface area (Å²) in [4.78, 5) is 15.1. The van der Waals surface area contributed by atoms with Crippen LogP contribution < -0.4 is 14.8 Å². The highest BCUT2D eigenvalue weighted by Gasteiger charge is 2.16. The molecule has 2 aromatic carbocycles. The average Bonchev–Trinajstić information content (AvgIpc) is 2.68. The molecule has 1 heterocycles. The normalized spacial score (nSPS) is 17.4. The van der Waals surface area contributed by atoms with Gasteiger partial charge in [0.05, 0.1) is 19.9 Å². The molecule has 27 heavy (non-hydrogen) atoms. The van der Waals surface area contributed by atoms with Crippen LogP contribution in [0.4, 0.5) is 5.69 Å². The summed E-state index contributed by atoms with van der Waals surface area (Å²) >= 11 is 0. The standard InChI is InChI=1S/C22H28N2O3/c1-16-5-4-12-24(14-16)15-17-6-8-18(9-7-17)22(25)23-20-13-19(26-2)10-11-21(20)27-3/h6-11,13,16H,4-5,12,14-15H2,1-3H3,(H,23,25). The Balaban J connectivity index is 1.65. The Morgan fingerprint density at radius 3 is 2.59 bits per heavy atom. The highest BCUT2D eigenvalue weighted by atomic mass is 16.5. The van der Waals surface area contributed by atoms with Crippen molar-refractivity contribution in [1.82, 2.24) is 4.90 Å². The fraction of sp³-hybridized carbons (Fsp3) is 0.409. The van der Waals surface area contributed by atoms with Crippen LogP contribution in [0.5, 0.6) is 11.5 Å². The molecule has 1 N–H and O–H groups in total. The van der Waals surface area contributed by atoms with E-state index in [2.05, 4.69) is 17.1 Å². The van der Waals surface area contributed by atoms with Gasteiger partial charge in [0, 0.05) is 24.7 Å². The van der Waals surface area contributed by atoms with Gasteiger partial charge in [-0.05, 0) is 55.1 Å². The number of likely N-dealkylation sites (tertiary alicyclic amines) is 1. The third kappa shape index (κ3) is 5.01. The van der Waals surface area contributed by atoms with Gasteiger partial charge in [-0.2, -0.15) is 0 Å². The van der Waals surface area contributed by atoms with Crippen LogP contribution in [0.15, 0.2) is 42.5 Å². The number of nitrogens with one attached hydrogen (secondary N) is 1. The highest BCUT2D eigenvalue weighted by Crippen LogP contribution is 2.29. The third-order valence-electron chi connectivity index (χ3n) is 5.02. The number of methoxy groups -OCH3 is 2. The van der Waals surface area contributed by atoms with Crippen molar-refractivity contribution in [3.63, 3.8) is 0 Å². The summed E-state index contributed by atoms with van der Waals surface area (Å²) in [5.41, 5.74) is 2.45. The topological polar surface area (TPSA) is 50.8 Å². The van der Waals surface area contributed by atoms with E-state index in [9.17, 15) is 4.79 Å². The first-order chi connectivity index (χ1) is 13.1. The minimum Gasteiger partial charge on any atom is -0.497 e. The number of nitrogens with zero attached hydrogens (tertiary/aromatic N) is 1. The molecular formula is C22H28N2O3. The van der Waals surface area contributed by atoms with E-state index in [1.165, 1.54) is 18.4 Å². The van der Waals surface area contributed by atoms with Crippen molar-refractivity contribution in [1.29, 1.82) is 0 Å². The molecule has 5 heteroatoms. The minimum absolute atomic E-state index is 0.167. The minimum atomic E-state index is -0.167. The number of ether oxygens (including phenoxy) is 2. The number of hydrogen-bond acceptors (Lipinski definition) is 4. The zero-order chi connectivity index (χ0) is 19.2. The summed E-state index contributed by atoms with van der Waals surface area (Å²) in [7, 11) is 3.17. The van der Waals surface area contributed by atoms with E-state index >= 15 is 0 Å². The Morgan fingerprint density at radius 1 is 1.15 bits per heavy atom. The molecule has 0 radical (unpaired) electrons. The molecule has 3 rings (SSSR count). The molecule has 0 saturated carbocycles. The summed E-state index contributed by atoms with van der Waals surface area (Å²) in [5, 5.41) is 2.90. The number of hydrogen-bond donors (Lipinski definition) is 1. The number of amides is 1. The molecule has 1 fully saturated rings. The van der Waals surface area contributed by atoms with Crippen molar-refractivity contribution in [2.45, 2.75) is 26.3 Å². The fourth-order valence-electron chi connectivity index (χ4n) is 3.56. The van der Waals surface area contributed by atoms with Crippen molar-refractivity contribution in [2.75, 3.05) is 32.6 Å². The number of carbonyl (C=O) groups excluding carboxylic acids is 1. The largest absolute Gasteiger partial charge is 0.497 e. The monoisotopic (exact) mass is 368 g/mol. The zero-order valence-corrected chi connectivity index (χ0v) is 16.3. The first-order valence-electron chi connectivity index (χ1n) is 9.43. The van der Waals surface area contributed by atoms with Crippen LogP contribution in [0, 0.1) is 5.92 Å². The second kappa shape index (κ2) is 8.91. The molecule has 5 nitrogen and oxygen atoms in total. The van der Waals surface area contributed by atoms with Crippen molar-refractivity contribution in [2.24, 2.45) is 5.92 Å². The molecule has 1 atom stereocenters. The van der Waals surface area contributed by atoms with Gasteiger partial charge in [0.25, 0.3) is 5.91 Å². The van der Waals surface area contributed by atoms with Gasteiger partial charge in [0.1, 0.15) is 11.5 Å². The predicted molar refractivity (Wildman–Crippen MR) is 108 cm³/mol. The molecular weight excluding hydrogens is 340 g/mol. The molecule has 1 saturated heterocycles. The summed E-state index contributed by atoms with van der Waals surface area (Å²) in [5.74, 6) is 1.86. The Bertz CT molecular complexity index is 774. The number of carbonyl (C=O) groups is 1. The SMILES string of the molecule is COc1ccc(OC)c(NC(=O)c2ccc(CN3CCCC(C)C3)cc2)c1. The molecule has 2 aromatic rings. The number of rotatable bonds is 6. The van der Waals surface area contributed by atoms with E-state index < -0.39 is 0 Å². The summed E-state index contributed by atoms with van der Waals surface area (Å²) < 4.78 is 10.5. The first kappa shape index (κ1) is 19.2. The van der Waals surface area contributed by atoms with Crippen LogP contribution in [0.2, 0.25) is 0 Å². The van der Waals surface area contributed by atoms with E-state index in [0.29, 0.717) is 22.7 Å². The maximum Gasteiger partial charge on any atom is 0.255 e. The van der Waals surface area contributed by atoms with Gasteiger partial charge in [-0.15, -0.1) is 0 Å². The van der Waals surface area contributed by atoms with E-state index in [4.69, 9.17) is 9.47 Å². The van der Waals surface area contributed by atoms with E-state index in [1.807, 2.05) is 24.3 Å². The average molecular weight is 368 g/mol. The molecule has 1 amide bonds. The number of piperidine rings is 1. The highest BCUT2D eigenvalue weighted by molar-refractivity contribution is 6.05. The molecule has 1 aliphatic heterocycles. The lowest BCUT2D eigenvalue weighted by molar-refractivity contribution is 0.102. The molecule has 1 unspecified atom stereocenters. The van der Waals surface area contributed by atoms with Crippen LogP contribution in [-0.4, -0.2) is 38.1 Å². The van der Waals surface area contributed by atoms with Gasteiger partial charge in [-0.3, -0.25) is 9.69 Å². The van der Waals surface area contributed by atoms with Crippen molar-refractivity contribution >= 4 is 11.6 Å². The van der Waals surface area contributed by atoms with Crippen LogP contribution in [-0.2, 0) is 6.54 Å². The van der Waals surface area contributed by atoms with Gasteiger partial charge in [-0.1, -0.05) is 19.1 Å². The number of benzene rings is 2. The van der Waals surface area contributed by atoms with Gasteiger partial charge in [0.15, 0.2) is 0 Å². The molecule has 0 aliphatic carbocycles. The van der Waals surface area contributed by atoms with Crippen molar-refractivity contribution in [3.05, 3.63) is 53.6 Å². The maximum absolute atomic E-state index is 12.6. The van der Waals surface area contributed by atoms with Crippen LogP contribution in [0.25, 0.3) is 0 Å². The van der Waals surface area contributed by atoms with E-state index in [-0.39, 0.29) is 5.91 Å². The quantitative estimate of drug-likeness (QED) is 0.831. The van der Waals surface area contributed by atoms with Gasteiger partial charge in [-0.25, -0.2) is 0 Å². The summed E-state index contributed by atoms with van der Waals surface area (Å²) in [6.45, 7) is 5.56. The summed E-state index contributed by atoms with van der Waals surface area (Å²) in [6, 6.07) is 13.2. The van der Waals surface area contributed by atoms with E-state index in [1.54, 1.807) is 32.4 Å². The molecule has 144 valence electrons. The van der Waals surface area contributed by atoms with Crippen LogP contribution in [0.3, 0.4) is 0 Å². The molecule has 0 aromatic heterocycles. The van der Waals surface area contributed by atoms with E-state index in [0.717, 1.165) is 25.6 Å². The van der Waals surface area contributed by atoms with Gasteiger partial charge < -0.3 is 14.8 Å². The van der Waals surface area contributed by atoms with Crippen molar-refractivity contribution in [3.8, 4) is 11.5 Å². The molecule has 0 bridgehead atoms. The van der Waals surface area contributed by atoms with Gasteiger partial charge in [0.2, 0.25) is 0 Å². The van der Waals surface area contributed by atoms with Crippen LogP contribution >= 0.6 is 0 Å². The van der Waals surface area contributed by atoms with Crippen molar-refractivity contribution < 1.29 is 14.3 Å². The maximum atomic E-state index is 12.6.